The van der Waals surface area contributed by atoms with Gasteiger partial charge in [0.2, 0.25) is 5.91 Å². The first-order valence-corrected chi connectivity index (χ1v) is 6.17. The Labute approximate surface area is 96.3 Å². The normalized spacial score (nSPS) is 40.4. The molecule has 0 aromatic rings. The van der Waals surface area contributed by atoms with Crippen LogP contribution in [-0.2, 0) is 4.79 Å². The van der Waals surface area contributed by atoms with E-state index < -0.39 is 11.7 Å². The Morgan fingerprint density at radius 3 is 2.88 bits per heavy atom. The van der Waals surface area contributed by atoms with Gasteiger partial charge in [-0.2, -0.15) is 0 Å². The predicted octanol–water partition coefficient (Wildman–Crippen LogP) is 0.521. The van der Waals surface area contributed by atoms with E-state index in [4.69, 9.17) is 0 Å². The summed E-state index contributed by atoms with van der Waals surface area (Å²) in [5.74, 6) is 0.500. The molecule has 1 amide bonds. The molecule has 0 radical (unpaired) electrons. The van der Waals surface area contributed by atoms with Crippen molar-refractivity contribution in [3.05, 3.63) is 0 Å². The van der Waals surface area contributed by atoms with Gasteiger partial charge in [0.15, 0.2) is 0 Å². The molecule has 4 nitrogen and oxygen atoms in total. The van der Waals surface area contributed by atoms with Crippen molar-refractivity contribution >= 4 is 5.91 Å². The lowest BCUT2D eigenvalue weighted by Crippen LogP contribution is -2.46. The van der Waals surface area contributed by atoms with Gasteiger partial charge in [-0.3, -0.25) is 4.79 Å². The topological polar surface area (TPSA) is 60.8 Å². The van der Waals surface area contributed by atoms with E-state index in [0.29, 0.717) is 19.0 Å². The van der Waals surface area contributed by atoms with E-state index in [1.165, 1.54) is 6.42 Å². The van der Waals surface area contributed by atoms with Crippen molar-refractivity contribution in [2.75, 3.05) is 13.1 Å². The number of likely N-dealkylation sites (tertiary alicyclic amines) is 1. The lowest BCUT2D eigenvalue weighted by atomic mass is 9.78. The molecular formula is C12H21NO3. The fraction of sp³-hybridized carbons (Fsp3) is 0.917. The molecule has 0 spiro atoms. The molecule has 1 aliphatic carbocycles. The van der Waals surface area contributed by atoms with Crippen LogP contribution in [0.1, 0.15) is 39.0 Å². The highest BCUT2D eigenvalue weighted by Crippen LogP contribution is 2.33. The van der Waals surface area contributed by atoms with E-state index in [0.717, 1.165) is 19.3 Å². The van der Waals surface area contributed by atoms with E-state index in [9.17, 15) is 15.0 Å². The van der Waals surface area contributed by atoms with E-state index in [1.807, 2.05) is 0 Å². The molecule has 1 heterocycles. The summed E-state index contributed by atoms with van der Waals surface area (Å²) in [5, 5.41) is 19.8. The number of hydrogen-bond donors (Lipinski definition) is 2. The zero-order chi connectivity index (χ0) is 11.8. The molecule has 2 rings (SSSR count). The summed E-state index contributed by atoms with van der Waals surface area (Å²) in [4.78, 5) is 13.2. The minimum Gasteiger partial charge on any atom is -0.391 e. The summed E-state index contributed by atoms with van der Waals surface area (Å²) in [6.45, 7) is 2.92. The Morgan fingerprint density at radius 1 is 1.56 bits per heavy atom. The number of rotatable bonds is 2. The number of carbonyl (C=O) groups is 1. The van der Waals surface area contributed by atoms with Gasteiger partial charge in [0.1, 0.15) is 0 Å². The van der Waals surface area contributed by atoms with Gasteiger partial charge < -0.3 is 15.1 Å². The molecule has 3 atom stereocenters. The summed E-state index contributed by atoms with van der Waals surface area (Å²) in [7, 11) is 0. The highest BCUT2D eigenvalue weighted by Gasteiger charge is 2.38. The summed E-state index contributed by atoms with van der Waals surface area (Å²) in [5.41, 5.74) is -0.725. The monoisotopic (exact) mass is 227 g/mol. The van der Waals surface area contributed by atoms with Gasteiger partial charge in [0.25, 0.3) is 0 Å². The van der Waals surface area contributed by atoms with Crippen molar-refractivity contribution in [3.8, 4) is 0 Å². The van der Waals surface area contributed by atoms with Crippen LogP contribution in [-0.4, -0.2) is 45.8 Å². The first-order valence-electron chi connectivity index (χ1n) is 6.17. The second-order valence-electron chi connectivity index (χ2n) is 5.56. The van der Waals surface area contributed by atoms with Crippen LogP contribution in [0.25, 0.3) is 0 Å². The zero-order valence-electron chi connectivity index (χ0n) is 9.85. The van der Waals surface area contributed by atoms with Gasteiger partial charge in [0.05, 0.1) is 18.1 Å². The average Bonchev–Trinajstić information content (AvgIpc) is 2.43. The molecule has 0 bridgehead atoms. The molecule has 1 aliphatic heterocycles. The van der Waals surface area contributed by atoms with Gasteiger partial charge in [-0.15, -0.1) is 0 Å². The van der Waals surface area contributed by atoms with Crippen LogP contribution in [0.3, 0.4) is 0 Å². The van der Waals surface area contributed by atoms with Crippen molar-refractivity contribution in [1.29, 1.82) is 0 Å². The number of nitrogens with zero attached hydrogens (tertiary/aromatic N) is 1. The van der Waals surface area contributed by atoms with Crippen molar-refractivity contribution in [2.45, 2.75) is 50.7 Å². The maximum absolute atomic E-state index is 11.5. The molecule has 0 aromatic heterocycles. The Kier molecular flexibility index (Phi) is 3.22. The molecule has 1 saturated carbocycles. The number of aliphatic hydroxyl groups is 2. The number of carbonyl (C=O) groups excluding carboxylic acids is 1. The van der Waals surface area contributed by atoms with E-state index in [1.54, 1.807) is 4.90 Å². The second kappa shape index (κ2) is 4.34. The zero-order valence-corrected chi connectivity index (χ0v) is 9.85. The van der Waals surface area contributed by atoms with Gasteiger partial charge in [-0.1, -0.05) is 19.8 Å². The molecule has 2 N–H and O–H groups in total. The number of amides is 1. The number of β-amino-alcohol motifs (C(OH)–C–C–N with tert-alkyl or cyclic N) is 2. The SMILES string of the molecule is CC1CCCC(O)(CN2CC(O)CC2=O)C1. The summed E-state index contributed by atoms with van der Waals surface area (Å²) in [6.07, 6.45) is 3.41. The first-order chi connectivity index (χ1) is 7.48. The molecule has 2 aliphatic rings. The molecule has 3 unspecified atom stereocenters. The third kappa shape index (κ3) is 2.55. The summed E-state index contributed by atoms with van der Waals surface area (Å²) < 4.78 is 0. The summed E-state index contributed by atoms with van der Waals surface area (Å²) in [6, 6.07) is 0. The van der Waals surface area contributed by atoms with E-state index >= 15 is 0 Å². The fourth-order valence-corrected chi connectivity index (χ4v) is 3.04. The van der Waals surface area contributed by atoms with Crippen LogP contribution in [0.2, 0.25) is 0 Å². The Morgan fingerprint density at radius 2 is 2.31 bits per heavy atom. The van der Waals surface area contributed by atoms with Crippen LogP contribution < -0.4 is 0 Å². The lowest BCUT2D eigenvalue weighted by molar-refractivity contribution is -0.132. The molecular weight excluding hydrogens is 206 g/mol. The smallest absolute Gasteiger partial charge is 0.225 e. The van der Waals surface area contributed by atoms with Crippen molar-refractivity contribution in [3.63, 3.8) is 0 Å². The Hall–Kier alpha value is -0.610. The van der Waals surface area contributed by atoms with Crippen molar-refractivity contribution in [2.24, 2.45) is 5.92 Å². The molecule has 1 saturated heterocycles. The largest absolute Gasteiger partial charge is 0.391 e. The van der Waals surface area contributed by atoms with Crippen LogP contribution in [0.5, 0.6) is 0 Å². The predicted molar refractivity (Wildman–Crippen MR) is 59.8 cm³/mol. The maximum Gasteiger partial charge on any atom is 0.225 e. The Bertz CT molecular complexity index is 281. The summed E-state index contributed by atoms with van der Waals surface area (Å²) >= 11 is 0. The molecule has 16 heavy (non-hydrogen) atoms. The molecule has 0 aromatic carbocycles. The van der Waals surface area contributed by atoms with Crippen LogP contribution >= 0.6 is 0 Å². The van der Waals surface area contributed by atoms with E-state index in [-0.39, 0.29) is 12.3 Å². The first kappa shape index (κ1) is 11.9. The highest BCUT2D eigenvalue weighted by atomic mass is 16.3. The van der Waals surface area contributed by atoms with Crippen LogP contribution in [0.4, 0.5) is 0 Å². The van der Waals surface area contributed by atoms with Crippen molar-refractivity contribution in [1.82, 2.24) is 4.90 Å². The van der Waals surface area contributed by atoms with Gasteiger partial charge in [-0.05, 0) is 18.8 Å². The molecule has 4 heteroatoms. The fourth-order valence-electron chi connectivity index (χ4n) is 3.04. The third-order valence-electron chi connectivity index (χ3n) is 3.75. The van der Waals surface area contributed by atoms with Crippen LogP contribution in [0, 0.1) is 5.92 Å². The maximum atomic E-state index is 11.5. The molecule has 92 valence electrons. The van der Waals surface area contributed by atoms with Gasteiger partial charge in [-0.25, -0.2) is 0 Å². The Balaban J connectivity index is 1.95. The van der Waals surface area contributed by atoms with Gasteiger partial charge >= 0.3 is 0 Å². The quantitative estimate of drug-likeness (QED) is 0.723. The minimum absolute atomic E-state index is 0.0286. The standard InChI is InChI=1S/C12H21NO3/c1-9-3-2-4-12(16,6-9)8-13-7-10(14)5-11(13)15/h9-10,14,16H,2-8H2,1H3. The van der Waals surface area contributed by atoms with E-state index in [2.05, 4.69) is 6.92 Å². The second-order valence-corrected chi connectivity index (χ2v) is 5.56. The molecule has 2 fully saturated rings. The highest BCUT2D eigenvalue weighted by molar-refractivity contribution is 5.79. The van der Waals surface area contributed by atoms with Crippen LogP contribution in [0.15, 0.2) is 0 Å². The van der Waals surface area contributed by atoms with Crippen molar-refractivity contribution < 1.29 is 15.0 Å². The third-order valence-corrected chi connectivity index (χ3v) is 3.75. The number of aliphatic hydroxyl groups excluding tert-OH is 1. The minimum atomic E-state index is -0.725. The number of hydrogen-bond acceptors (Lipinski definition) is 3. The average molecular weight is 227 g/mol. The lowest BCUT2D eigenvalue weighted by Gasteiger charge is -2.38. The van der Waals surface area contributed by atoms with Gasteiger partial charge in [0, 0.05) is 13.1 Å².